The van der Waals surface area contributed by atoms with Gasteiger partial charge in [0, 0.05) is 0 Å². The fourth-order valence-electron chi connectivity index (χ4n) is 3.68. The topological polar surface area (TPSA) is 3.24 Å². The van der Waals surface area contributed by atoms with Gasteiger partial charge in [-0.15, -0.1) is 0 Å². The van der Waals surface area contributed by atoms with Crippen LogP contribution in [-0.2, 0) is 0 Å². The van der Waals surface area contributed by atoms with Gasteiger partial charge in [0.15, 0.2) is 0 Å². The van der Waals surface area contributed by atoms with E-state index in [2.05, 4.69) is 18.9 Å². The van der Waals surface area contributed by atoms with Gasteiger partial charge in [0.2, 0.25) is 6.85 Å². The molecule has 0 aromatic heterocycles. The first-order valence-electron chi connectivity index (χ1n) is 5.64. The van der Waals surface area contributed by atoms with Crippen LogP contribution in [0.25, 0.3) is 0 Å². The minimum Gasteiger partial charge on any atom is -0.347 e. The van der Waals surface area contributed by atoms with Crippen molar-refractivity contribution in [2.24, 2.45) is 11.8 Å². The second kappa shape index (κ2) is 2.63. The van der Waals surface area contributed by atoms with Crippen LogP contribution >= 0.6 is 0 Å². The second-order valence-corrected chi connectivity index (χ2v) is 5.28. The number of nitrogens with zero attached hydrogens (tertiary/aromatic N) is 1. The van der Waals surface area contributed by atoms with Gasteiger partial charge in [-0.05, 0) is 57.8 Å². The molecule has 1 saturated carbocycles. The van der Waals surface area contributed by atoms with Crippen LogP contribution < -0.4 is 0 Å². The Morgan fingerprint density at radius 1 is 1.08 bits per heavy atom. The van der Waals surface area contributed by atoms with Gasteiger partial charge in [-0.25, -0.2) is 0 Å². The van der Waals surface area contributed by atoms with E-state index in [1.165, 1.54) is 31.9 Å². The molecular formula is C11H18BN. The molecule has 1 aliphatic heterocycles. The largest absolute Gasteiger partial charge is 0.347 e. The molecule has 0 N–H and O–H groups in total. The van der Waals surface area contributed by atoms with Crippen LogP contribution in [0.3, 0.4) is 0 Å². The van der Waals surface area contributed by atoms with Crippen molar-refractivity contribution >= 4 is 6.85 Å². The third kappa shape index (κ3) is 1.04. The molecule has 2 unspecified atom stereocenters. The molecule has 0 radical (unpaired) electrons. The molecule has 0 amide bonds. The van der Waals surface area contributed by atoms with E-state index in [0.717, 1.165) is 18.7 Å². The smallest absolute Gasteiger partial charge is 0.231 e. The first-order chi connectivity index (χ1) is 6.25. The van der Waals surface area contributed by atoms with Crippen LogP contribution in [0.5, 0.6) is 0 Å². The predicted molar refractivity (Wildman–Crippen MR) is 56.9 cm³/mol. The SMILES string of the molecule is CN(C)B1CC2=C(C1)C1CCC2C1. The van der Waals surface area contributed by atoms with Crippen molar-refractivity contribution in [3.05, 3.63) is 11.1 Å². The molecule has 3 aliphatic rings. The fourth-order valence-corrected chi connectivity index (χ4v) is 3.68. The summed E-state index contributed by atoms with van der Waals surface area (Å²) in [6.45, 7) is 0.841. The van der Waals surface area contributed by atoms with E-state index in [-0.39, 0.29) is 0 Å². The molecule has 0 saturated heterocycles. The molecule has 1 nitrogen and oxygen atoms in total. The first kappa shape index (κ1) is 8.10. The van der Waals surface area contributed by atoms with Gasteiger partial charge in [0.25, 0.3) is 0 Å². The number of rotatable bonds is 1. The molecule has 2 atom stereocenters. The molecule has 1 fully saturated rings. The van der Waals surface area contributed by atoms with E-state index in [1.54, 1.807) is 0 Å². The number of hydrogen-bond donors (Lipinski definition) is 0. The molecule has 1 heterocycles. The molecule has 0 aromatic carbocycles. The monoisotopic (exact) mass is 175 g/mol. The molecular weight excluding hydrogens is 157 g/mol. The lowest BCUT2D eigenvalue weighted by molar-refractivity contribution is 0.617. The summed E-state index contributed by atoms with van der Waals surface area (Å²) >= 11 is 0. The van der Waals surface area contributed by atoms with E-state index in [1.807, 2.05) is 11.1 Å². The summed E-state index contributed by atoms with van der Waals surface area (Å²) in [7, 11) is 4.46. The highest BCUT2D eigenvalue weighted by Gasteiger charge is 2.44. The van der Waals surface area contributed by atoms with Gasteiger partial charge in [-0.3, -0.25) is 0 Å². The standard InChI is InChI=1S/C11H18BN/c1-13(2)12-6-10-8-3-4-9(5-8)11(10)7-12/h8-9H,3-7H2,1-2H3. The summed E-state index contributed by atoms with van der Waals surface area (Å²) < 4.78 is 0. The zero-order valence-corrected chi connectivity index (χ0v) is 8.71. The normalized spacial score (nSPS) is 36.7. The summed E-state index contributed by atoms with van der Waals surface area (Å²) in [6.07, 6.45) is 7.31. The Balaban J connectivity index is 1.82. The number of allylic oxidation sites excluding steroid dienone is 2. The third-order valence-electron chi connectivity index (χ3n) is 4.47. The van der Waals surface area contributed by atoms with E-state index in [4.69, 9.17) is 0 Å². The van der Waals surface area contributed by atoms with Crippen LogP contribution in [0.4, 0.5) is 0 Å². The van der Waals surface area contributed by atoms with Crippen LogP contribution in [0.1, 0.15) is 19.3 Å². The summed E-state index contributed by atoms with van der Waals surface area (Å²) in [5, 5.41) is 0. The predicted octanol–water partition coefficient (Wildman–Crippen LogP) is 2.28. The zero-order valence-electron chi connectivity index (χ0n) is 8.71. The Hall–Kier alpha value is -0.235. The van der Waals surface area contributed by atoms with E-state index in [0.29, 0.717) is 0 Å². The number of hydrogen-bond acceptors (Lipinski definition) is 1. The maximum absolute atomic E-state index is 2.41. The van der Waals surface area contributed by atoms with Crippen molar-refractivity contribution in [2.45, 2.75) is 31.9 Å². The second-order valence-electron chi connectivity index (χ2n) is 5.28. The molecule has 0 spiro atoms. The van der Waals surface area contributed by atoms with Crippen molar-refractivity contribution in [3.8, 4) is 0 Å². The molecule has 3 rings (SSSR count). The van der Waals surface area contributed by atoms with Crippen LogP contribution in [0.15, 0.2) is 11.1 Å². The zero-order chi connectivity index (χ0) is 9.00. The van der Waals surface area contributed by atoms with Gasteiger partial charge in [-0.1, -0.05) is 11.1 Å². The molecule has 0 aromatic rings. The Kier molecular flexibility index (Phi) is 1.64. The highest BCUT2D eigenvalue weighted by Crippen LogP contribution is 2.55. The lowest BCUT2D eigenvalue weighted by atomic mass is 9.56. The fraction of sp³-hybridized carbons (Fsp3) is 0.818. The van der Waals surface area contributed by atoms with Crippen molar-refractivity contribution in [1.82, 2.24) is 4.81 Å². The maximum atomic E-state index is 2.41. The van der Waals surface area contributed by atoms with Crippen LogP contribution in [0, 0.1) is 11.8 Å². The summed E-state index contributed by atoms with van der Waals surface area (Å²) in [6, 6.07) is 0. The van der Waals surface area contributed by atoms with Crippen molar-refractivity contribution in [1.29, 1.82) is 0 Å². The maximum Gasteiger partial charge on any atom is 0.231 e. The Morgan fingerprint density at radius 2 is 1.62 bits per heavy atom. The van der Waals surface area contributed by atoms with Gasteiger partial charge < -0.3 is 4.81 Å². The summed E-state index contributed by atoms with van der Waals surface area (Å²) in [5.41, 5.74) is 3.77. The molecule has 70 valence electrons. The quantitative estimate of drug-likeness (QED) is 0.436. The van der Waals surface area contributed by atoms with Crippen molar-refractivity contribution in [2.75, 3.05) is 14.1 Å². The Bertz CT molecular complexity index is 247. The lowest BCUT2D eigenvalue weighted by Crippen LogP contribution is -2.30. The van der Waals surface area contributed by atoms with Crippen LogP contribution in [0.2, 0.25) is 12.6 Å². The van der Waals surface area contributed by atoms with E-state index >= 15 is 0 Å². The average Bonchev–Trinajstić information content (AvgIpc) is 2.76. The Morgan fingerprint density at radius 3 is 2.08 bits per heavy atom. The van der Waals surface area contributed by atoms with Gasteiger partial charge in [-0.2, -0.15) is 0 Å². The molecule has 13 heavy (non-hydrogen) atoms. The minimum atomic E-state index is 0.841. The summed E-state index contributed by atoms with van der Waals surface area (Å²) in [5.74, 6) is 2.04. The highest BCUT2D eigenvalue weighted by atomic mass is 15.0. The molecule has 2 bridgehead atoms. The minimum absolute atomic E-state index is 0.841. The highest BCUT2D eigenvalue weighted by molar-refractivity contribution is 6.58. The van der Waals surface area contributed by atoms with E-state index < -0.39 is 0 Å². The number of fused-ring (bicyclic) bond motifs is 4. The Labute approximate surface area is 81.3 Å². The van der Waals surface area contributed by atoms with Gasteiger partial charge in [0.1, 0.15) is 0 Å². The van der Waals surface area contributed by atoms with Gasteiger partial charge >= 0.3 is 0 Å². The third-order valence-corrected chi connectivity index (χ3v) is 4.47. The molecule has 2 aliphatic carbocycles. The molecule has 2 heteroatoms. The van der Waals surface area contributed by atoms with Crippen LogP contribution in [-0.4, -0.2) is 25.8 Å². The first-order valence-corrected chi connectivity index (χ1v) is 5.64. The van der Waals surface area contributed by atoms with E-state index in [9.17, 15) is 0 Å². The van der Waals surface area contributed by atoms with Gasteiger partial charge in [0.05, 0.1) is 0 Å². The average molecular weight is 175 g/mol. The van der Waals surface area contributed by atoms with Crippen molar-refractivity contribution in [3.63, 3.8) is 0 Å². The van der Waals surface area contributed by atoms with Crippen molar-refractivity contribution < 1.29 is 0 Å². The summed E-state index contributed by atoms with van der Waals surface area (Å²) in [4.78, 5) is 2.41. The lowest BCUT2D eigenvalue weighted by Gasteiger charge is -2.17.